The zero-order valence-corrected chi connectivity index (χ0v) is 36.2. The minimum Gasteiger partial charge on any atom is -0.309 e. The molecule has 0 saturated carbocycles. The maximum atomic E-state index is 10.6. The molecule has 4 heteroatoms. The number of anilines is 6. The third kappa shape index (κ3) is 5.45. The van der Waals surface area contributed by atoms with Crippen LogP contribution in [0, 0.1) is 22.7 Å². The van der Waals surface area contributed by atoms with Crippen LogP contribution < -0.4 is 9.80 Å². The molecule has 0 heterocycles. The molecule has 0 atom stereocenters. The highest BCUT2D eigenvalue weighted by atomic mass is 15.2. The lowest BCUT2D eigenvalue weighted by Crippen LogP contribution is -2.32. The van der Waals surface area contributed by atoms with Crippen molar-refractivity contribution in [3.63, 3.8) is 0 Å². The zero-order chi connectivity index (χ0) is 44.6. The molecule has 0 aliphatic heterocycles. The molecule has 0 bridgehead atoms. The quantitative estimate of drug-likeness (QED) is 0.167. The number of benzene rings is 11. The number of hydrogen-bond donors (Lipinski definition) is 0. The predicted molar refractivity (Wildman–Crippen MR) is 274 cm³/mol. The Bertz CT molecular complexity index is 3890. The van der Waals surface area contributed by atoms with Gasteiger partial charge in [-0.3, -0.25) is 0 Å². The molecule has 0 amide bonds. The van der Waals surface area contributed by atoms with Gasteiger partial charge in [0.15, 0.2) is 0 Å². The van der Waals surface area contributed by atoms with Gasteiger partial charge in [-0.25, -0.2) is 0 Å². The van der Waals surface area contributed by atoms with Gasteiger partial charge in [-0.15, -0.1) is 0 Å². The van der Waals surface area contributed by atoms with E-state index < -0.39 is 5.41 Å². The van der Waals surface area contributed by atoms with E-state index in [4.69, 9.17) is 0 Å². The first-order valence-corrected chi connectivity index (χ1v) is 22.6. The van der Waals surface area contributed by atoms with Crippen LogP contribution in [0.15, 0.2) is 231 Å². The smallest absolute Gasteiger partial charge is 0.101 e. The van der Waals surface area contributed by atoms with Gasteiger partial charge in [-0.05, 0) is 115 Å². The molecule has 2 aliphatic rings. The van der Waals surface area contributed by atoms with Gasteiger partial charge >= 0.3 is 0 Å². The van der Waals surface area contributed by atoms with Gasteiger partial charge in [0.2, 0.25) is 0 Å². The molecule has 0 saturated heterocycles. The van der Waals surface area contributed by atoms with Gasteiger partial charge in [0.05, 0.1) is 45.0 Å². The van der Waals surface area contributed by atoms with E-state index in [1.807, 2.05) is 36.4 Å². The van der Waals surface area contributed by atoms with E-state index in [1.165, 1.54) is 38.8 Å². The average Bonchev–Trinajstić information content (AvgIpc) is 3.69. The number of fused-ring (bicyclic) bond motifs is 11. The number of rotatable bonds is 6. The van der Waals surface area contributed by atoms with Gasteiger partial charge in [-0.2, -0.15) is 10.5 Å². The van der Waals surface area contributed by atoms with Crippen LogP contribution >= 0.6 is 0 Å². The number of nitrogens with zero attached hydrogens (tertiary/aromatic N) is 4. The summed E-state index contributed by atoms with van der Waals surface area (Å²) in [7, 11) is 0. The summed E-state index contributed by atoms with van der Waals surface area (Å²) in [6.45, 7) is 0. The first-order chi connectivity index (χ1) is 33.2. The molecule has 0 unspecified atom stereocenters. The van der Waals surface area contributed by atoms with E-state index in [2.05, 4.69) is 216 Å². The molecule has 310 valence electrons. The third-order valence-electron chi connectivity index (χ3n) is 14.1. The Kier molecular flexibility index (Phi) is 8.52. The molecule has 4 nitrogen and oxygen atoms in total. The van der Waals surface area contributed by atoms with Gasteiger partial charge in [0.1, 0.15) is 12.1 Å². The second kappa shape index (κ2) is 14.9. The molecule has 0 fully saturated rings. The van der Waals surface area contributed by atoms with Gasteiger partial charge in [-0.1, -0.05) is 176 Å². The Morgan fingerprint density at radius 2 is 0.746 bits per heavy atom. The predicted octanol–water partition coefficient (Wildman–Crippen LogP) is 16.2. The Morgan fingerprint density at radius 1 is 0.313 bits per heavy atom. The van der Waals surface area contributed by atoms with Crippen molar-refractivity contribution in [2.75, 3.05) is 9.80 Å². The summed E-state index contributed by atoms with van der Waals surface area (Å²) < 4.78 is 0. The fourth-order valence-corrected chi connectivity index (χ4v) is 11.4. The van der Waals surface area contributed by atoms with E-state index in [-0.39, 0.29) is 0 Å². The summed E-state index contributed by atoms with van der Waals surface area (Å²) in [6.07, 6.45) is 0. The highest BCUT2D eigenvalue weighted by Gasteiger charge is 2.50. The molecular weight excluding hydrogens is 813 g/mol. The highest BCUT2D eigenvalue weighted by molar-refractivity contribution is 6.14. The highest BCUT2D eigenvalue weighted by Crippen LogP contribution is 2.63. The molecule has 67 heavy (non-hydrogen) atoms. The maximum absolute atomic E-state index is 10.6. The zero-order valence-electron chi connectivity index (χ0n) is 36.2. The normalized spacial score (nSPS) is 12.6. The monoisotopic (exact) mass is 850 g/mol. The van der Waals surface area contributed by atoms with Crippen molar-refractivity contribution in [2.45, 2.75) is 5.41 Å². The molecule has 13 rings (SSSR count). The van der Waals surface area contributed by atoms with Crippen LogP contribution in [0.3, 0.4) is 0 Å². The van der Waals surface area contributed by atoms with Crippen molar-refractivity contribution < 1.29 is 0 Å². The lowest BCUT2D eigenvalue weighted by Gasteiger charge is -2.41. The van der Waals surface area contributed by atoms with Crippen LogP contribution in [0.5, 0.6) is 0 Å². The van der Waals surface area contributed by atoms with Crippen LogP contribution in [-0.4, -0.2) is 0 Å². The second-order valence-electron chi connectivity index (χ2n) is 17.4. The molecule has 0 radical (unpaired) electrons. The fourth-order valence-electron chi connectivity index (χ4n) is 11.4. The number of para-hydroxylation sites is 2. The number of nitriles is 2. The summed E-state index contributed by atoms with van der Waals surface area (Å²) in [6, 6.07) is 86.8. The summed E-state index contributed by atoms with van der Waals surface area (Å²) in [4.78, 5) is 4.57. The van der Waals surface area contributed by atoms with E-state index in [0.29, 0.717) is 11.1 Å². The van der Waals surface area contributed by atoms with Crippen LogP contribution in [-0.2, 0) is 5.41 Å². The summed E-state index contributed by atoms with van der Waals surface area (Å²) in [5.74, 6) is 0. The Labute approximate surface area is 388 Å². The summed E-state index contributed by atoms with van der Waals surface area (Å²) in [5, 5.41) is 28.0. The molecular formula is C63H38N4. The summed E-state index contributed by atoms with van der Waals surface area (Å²) >= 11 is 0. The molecule has 11 aromatic rings. The molecule has 11 aromatic carbocycles. The van der Waals surface area contributed by atoms with Crippen molar-refractivity contribution in [1.29, 1.82) is 10.5 Å². The van der Waals surface area contributed by atoms with Crippen molar-refractivity contribution >= 4 is 66.4 Å². The van der Waals surface area contributed by atoms with Gasteiger partial charge in [0, 0.05) is 21.8 Å². The van der Waals surface area contributed by atoms with Gasteiger partial charge in [0.25, 0.3) is 0 Å². The number of hydrogen-bond acceptors (Lipinski definition) is 4. The topological polar surface area (TPSA) is 54.1 Å². The van der Waals surface area contributed by atoms with Crippen LogP contribution in [0.1, 0.15) is 33.4 Å². The van der Waals surface area contributed by atoms with Crippen molar-refractivity contribution in [3.05, 3.63) is 264 Å². The first-order valence-electron chi connectivity index (χ1n) is 22.6. The Balaban J connectivity index is 1.15. The largest absolute Gasteiger partial charge is 0.309 e. The molecule has 0 N–H and O–H groups in total. The Morgan fingerprint density at radius 3 is 1.39 bits per heavy atom. The lowest BCUT2D eigenvalue weighted by atomic mass is 9.61. The molecule has 0 aromatic heterocycles. The SMILES string of the molecule is N#Cc1ccccc1N(c1ccc2c(c1)C1(c3ccccc3-c3ccccc31)c1cccc3c(N(c4ccccc4C#N)c4cccc5ccccc45)ccc-2c13)c1cccc2ccccc12. The standard InChI is InChI=1S/C63H38N4/c64-39-43-18-3-11-30-57(43)66(59-32-13-20-41-16-1-5-22-46(41)59)45-34-35-50-51-36-37-61(67(58-31-12-4-19-44(58)40-65)60-33-14-21-42-17-2-6-23-47(42)60)52-26-15-29-55(62(51)52)63(56(50)38-45)53-27-9-7-24-48(53)49-25-8-10-28-54(49)63/h1-38H. The minimum atomic E-state index is -0.725. The lowest BCUT2D eigenvalue weighted by molar-refractivity contribution is 0.773. The van der Waals surface area contributed by atoms with E-state index >= 15 is 0 Å². The van der Waals surface area contributed by atoms with E-state index in [1.54, 1.807) is 0 Å². The van der Waals surface area contributed by atoms with Crippen molar-refractivity contribution in [2.24, 2.45) is 0 Å². The van der Waals surface area contributed by atoms with Crippen LogP contribution in [0.2, 0.25) is 0 Å². The van der Waals surface area contributed by atoms with Crippen molar-refractivity contribution in [3.8, 4) is 34.4 Å². The minimum absolute atomic E-state index is 0.593. The van der Waals surface area contributed by atoms with Crippen LogP contribution in [0.25, 0.3) is 54.6 Å². The first kappa shape index (κ1) is 38.3. The fraction of sp³-hybridized carbons (Fsp3) is 0.0159. The van der Waals surface area contributed by atoms with E-state index in [9.17, 15) is 10.5 Å². The Hall–Kier alpha value is -9.22. The van der Waals surface area contributed by atoms with Crippen molar-refractivity contribution in [1.82, 2.24) is 0 Å². The van der Waals surface area contributed by atoms with Gasteiger partial charge < -0.3 is 9.80 Å². The third-order valence-corrected chi connectivity index (χ3v) is 14.1. The molecule has 1 spiro atoms. The second-order valence-corrected chi connectivity index (χ2v) is 17.4. The molecule has 2 aliphatic carbocycles. The summed E-state index contributed by atoms with van der Waals surface area (Å²) in [5.41, 5.74) is 15.6. The average molecular weight is 851 g/mol. The van der Waals surface area contributed by atoms with E-state index in [0.717, 1.165) is 72.2 Å². The van der Waals surface area contributed by atoms with Crippen LogP contribution in [0.4, 0.5) is 34.1 Å². The maximum Gasteiger partial charge on any atom is 0.101 e.